The molecule has 178 valence electrons. The van der Waals surface area contributed by atoms with Gasteiger partial charge in [-0.3, -0.25) is 0 Å². The van der Waals surface area contributed by atoms with E-state index in [0.29, 0.717) is 17.7 Å². The van der Waals surface area contributed by atoms with Crippen molar-refractivity contribution < 1.29 is 17.9 Å². The lowest BCUT2D eigenvalue weighted by atomic mass is 10.0. The van der Waals surface area contributed by atoms with Crippen molar-refractivity contribution in [3.8, 4) is 32.8 Å². The van der Waals surface area contributed by atoms with Crippen molar-refractivity contribution in [3.05, 3.63) is 59.3 Å². The summed E-state index contributed by atoms with van der Waals surface area (Å²) in [5.74, 6) is 0.511. The van der Waals surface area contributed by atoms with Crippen LogP contribution in [0.3, 0.4) is 0 Å². The maximum atomic E-state index is 12.4. The summed E-state index contributed by atoms with van der Waals surface area (Å²) in [7, 11) is -1.93. The fourth-order valence-corrected chi connectivity index (χ4v) is 6.26. The Bertz CT molecular complexity index is 1330. The molecule has 1 aliphatic carbocycles. The van der Waals surface area contributed by atoms with Crippen molar-refractivity contribution >= 4 is 21.4 Å². The van der Waals surface area contributed by atoms with E-state index in [2.05, 4.69) is 21.8 Å². The molecule has 2 aromatic carbocycles. The fraction of sp³-hybridized carbons (Fsp3) is 0.360. The van der Waals surface area contributed by atoms with E-state index in [-0.39, 0.29) is 24.5 Å². The number of sulfonamides is 1. The number of rotatable bonds is 9. The topological polar surface area (TPSA) is 101 Å². The summed E-state index contributed by atoms with van der Waals surface area (Å²) >= 11 is 1.55. The largest absolute Gasteiger partial charge is 0.490 e. The Hall–Kier alpha value is -2.77. The molecule has 4 rings (SSSR count). The first kappa shape index (κ1) is 24.4. The van der Waals surface area contributed by atoms with Crippen molar-refractivity contribution in [1.82, 2.24) is 9.71 Å². The molecule has 1 N–H and O–H groups in total. The number of ether oxygens (including phenoxy) is 2. The smallest absolute Gasteiger partial charge is 0.214 e. The van der Waals surface area contributed by atoms with Crippen molar-refractivity contribution in [1.29, 1.82) is 5.26 Å². The van der Waals surface area contributed by atoms with Crippen LogP contribution in [0, 0.1) is 11.3 Å². The van der Waals surface area contributed by atoms with Crippen molar-refractivity contribution in [2.24, 2.45) is 0 Å². The lowest BCUT2D eigenvalue weighted by molar-refractivity contribution is 0.216. The molecule has 7 nitrogen and oxygen atoms in total. The summed E-state index contributed by atoms with van der Waals surface area (Å²) in [5, 5.41) is 10.4. The Morgan fingerprint density at radius 3 is 2.85 bits per heavy atom. The van der Waals surface area contributed by atoms with Gasteiger partial charge in [-0.05, 0) is 61.6 Å². The Kier molecular flexibility index (Phi) is 7.33. The Morgan fingerprint density at radius 2 is 2.12 bits per heavy atom. The van der Waals surface area contributed by atoms with Crippen LogP contribution in [-0.2, 0) is 21.2 Å². The molecule has 1 atom stereocenters. The van der Waals surface area contributed by atoms with Gasteiger partial charge in [0.15, 0.2) is 0 Å². The minimum absolute atomic E-state index is 0.0159. The average Bonchev–Trinajstić information content (AvgIpc) is 3.45. The van der Waals surface area contributed by atoms with Gasteiger partial charge in [0.05, 0.1) is 28.9 Å². The number of hydrogen-bond acceptors (Lipinski definition) is 7. The molecule has 0 amide bonds. The van der Waals surface area contributed by atoms with E-state index in [1.807, 2.05) is 44.3 Å². The Labute approximate surface area is 204 Å². The predicted molar refractivity (Wildman–Crippen MR) is 133 cm³/mol. The van der Waals surface area contributed by atoms with Gasteiger partial charge in [-0.2, -0.15) is 5.26 Å². The summed E-state index contributed by atoms with van der Waals surface area (Å²) in [5.41, 5.74) is 4.57. The van der Waals surface area contributed by atoms with E-state index >= 15 is 0 Å². The van der Waals surface area contributed by atoms with Gasteiger partial charge in [0.2, 0.25) is 10.0 Å². The van der Waals surface area contributed by atoms with Gasteiger partial charge >= 0.3 is 0 Å². The zero-order valence-electron chi connectivity index (χ0n) is 19.4. The summed E-state index contributed by atoms with van der Waals surface area (Å²) in [6, 6.07) is 13.5. The molecule has 1 heterocycles. The standard InChI is InChI=1S/C25H27N3O4S2/c1-16(2)32-23-10-7-17(13-18(23)14-26)25-27-15-24(33-25)21-6-4-5-20-19(21)8-9-22(20)28-34(29,30)12-11-31-3/h4-7,10,13,15-16,22,28H,8-9,11-12H2,1-3H3/t22-/m0/s1. The molecule has 0 fully saturated rings. The Balaban J connectivity index is 1.60. The van der Waals surface area contributed by atoms with Gasteiger partial charge in [0.25, 0.3) is 0 Å². The number of benzene rings is 2. The molecule has 34 heavy (non-hydrogen) atoms. The maximum absolute atomic E-state index is 12.4. The third-order valence-corrected chi connectivity index (χ3v) is 8.06. The van der Waals surface area contributed by atoms with Crippen LogP contribution < -0.4 is 9.46 Å². The third-order valence-electron chi connectivity index (χ3n) is 5.63. The number of aromatic nitrogens is 1. The van der Waals surface area contributed by atoms with E-state index in [0.717, 1.165) is 38.6 Å². The zero-order valence-corrected chi connectivity index (χ0v) is 21.0. The van der Waals surface area contributed by atoms with Crippen LogP contribution in [0.25, 0.3) is 21.0 Å². The first-order valence-electron chi connectivity index (χ1n) is 11.1. The summed E-state index contributed by atoms with van der Waals surface area (Å²) in [6.45, 7) is 4.02. The second kappa shape index (κ2) is 10.2. The minimum atomic E-state index is -3.42. The minimum Gasteiger partial charge on any atom is -0.490 e. The van der Waals surface area contributed by atoms with Gasteiger partial charge in [0.1, 0.15) is 16.8 Å². The van der Waals surface area contributed by atoms with Crippen LogP contribution in [0.2, 0.25) is 0 Å². The number of fused-ring (bicyclic) bond motifs is 1. The van der Waals surface area contributed by atoms with Gasteiger partial charge in [-0.1, -0.05) is 18.2 Å². The SMILES string of the molecule is COCCS(=O)(=O)N[C@H]1CCc2c(-c3cnc(-c4ccc(OC(C)C)c(C#N)c4)s3)cccc21. The monoisotopic (exact) mass is 497 g/mol. The summed E-state index contributed by atoms with van der Waals surface area (Å²) < 4.78 is 38.2. The quantitative estimate of drug-likeness (QED) is 0.460. The second-order valence-corrected chi connectivity index (χ2v) is 11.3. The highest BCUT2D eigenvalue weighted by Gasteiger charge is 2.28. The van der Waals surface area contributed by atoms with Crippen molar-refractivity contribution in [3.63, 3.8) is 0 Å². The van der Waals surface area contributed by atoms with Crippen LogP contribution in [0.5, 0.6) is 5.75 Å². The number of thiazole rings is 1. The lowest BCUT2D eigenvalue weighted by Crippen LogP contribution is -2.31. The molecule has 0 bridgehead atoms. The number of hydrogen-bond donors (Lipinski definition) is 1. The van der Waals surface area contributed by atoms with Crippen LogP contribution in [-0.4, -0.2) is 39.0 Å². The van der Waals surface area contributed by atoms with Crippen molar-refractivity contribution in [2.45, 2.75) is 38.8 Å². The first-order valence-corrected chi connectivity index (χ1v) is 13.6. The van der Waals surface area contributed by atoms with E-state index in [1.54, 1.807) is 17.4 Å². The van der Waals surface area contributed by atoms with Crippen LogP contribution in [0.1, 0.15) is 43.0 Å². The van der Waals surface area contributed by atoms with Crippen LogP contribution in [0.15, 0.2) is 42.6 Å². The Morgan fingerprint density at radius 1 is 1.29 bits per heavy atom. The number of nitrogens with zero attached hydrogens (tertiary/aromatic N) is 2. The maximum Gasteiger partial charge on any atom is 0.214 e. The normalized spacial score (nSPS) is 15.3. The third kappa shape index (κ3) is 5.31. The fourth-order valence-electron chi connectivity index (χ4n) is 4.12. The van der Waals surface area contributed by atoms with Gasteiger partial charge in [0, 0.05) is 24.9 Å². The molecular weight excluding hydrogens is 470 g/mol. The number of methoxy groups -OCH3 is 1. The zero-order chi connectivity index (χ0) is 24.3. The van der Waals surface area contributed by atoms with E-state index in [4.69, 9.17) is 9.47 Å². The van der Waals surface area contributed by atoms with E-state index in [9.17, 15) is 13.7 Å². The number of nitrogens with one attached hydrogen (secondary N) is 1. The van der Waals surface area contributed by atoms with Gasteiger partial charge in [-0.15, -0.1) is 11.3 Å². The molecule has 0 saturated carbocycles. The van der Waals surface area contributed by atoms with Crippen molar-refractivity contribution in [2.75, 3.05) is 19.5 Å². The molecule has 9 heteroatoms. The molecule has 0 unspecified atom stereocenters. The highest BCUT2D eigenvalue weighted by atomic mass is 32.2. The molecule has 1 aliphatic rings. The van der Waals surface area contributed by atoms with Gasteiger partial charge in [-0.25, -0.2) is 18.1 Å². The van der Waals surface area contributed by atoms with Crippen LogP contribution >= 0.6 is 11.3 Å². The average molecular weight is 498 g/mol. The predicted octanol–water partition coefficient (Wildman–Crippen LogP) is 4.69. The van der Waals surface area contributed by atoms with Crippen LogP contribution in [0.4, 0.5) is 0 Å². The highest BCUT2D eigenvalue weighted by molar-refractivity contribution is 7.89. The molecule has 3 aromatic rings. The van der Waals surface area contributed by atoms with E-state index < -0.39 is 10.0 Å². The molecule has 0 radical (unpaired) electrons. The molecule has 0 spiro atoms. The molecule has 1 aromatic heterocycles. The highest BCUT2D eigenvalue weighted by Crippen LogP contribution is 2.41. The second-order valence-electron chi connectivity index (χ2n) is 8.41. The van der Waals surface area contributed by atoms with E-state index in [1.165, 1.54) is 7.11 Å². The first-order chi connectivity index (χ1) is 16.3. The molecule has 0 aliphatic heterocycles. The number of nitriles is 1. The summed E-state index contributed by atoms with van der Waals surface area (Å²) in [6.07, 6.45) is 3.33. The lowest BCUT2D eigenvalue weighted by Gasteiger charge is -2.15. The summed E-state index contributed by atoms with van der Waals surface area (Å²) in [4.78, 5) is 5.62. The van der Waals surface area contributed by atoms with Gasteiger partial charge < -0.3 is 9.47 Å². The molecular formula is C25H27N3O4S2. The molecule has 0 saturated heterocycles.